The summed E-state index contributed by atoms with van der Waals surface area (Å²) in [5.41, 5.74) is 3.06. The van der Waals surface area contributed by atoms with Gasteiger partial charge in [0.1, 0.15) is 0 Å². The van der Waals surface area contributed by atoms with Crippen molar-refractivity contribution in [2.24, 2.45) is 0 Å². The molecule has 1 aromatic carbocycles. The number of hydrogen-bond donors (Lipinski definition) is 2. The highest BCUT2D eigenvalue weighted by Gasteiger charge is 1.97. The minimum absolute atomic E-state index is 0.250. The number of aromatic nitrogens is 1. The van der Waals surface area contributed by atoms with Gasteiger partial charge in [-0.05, 0) is 30.7 Å². The van der Waals surface area contributed by atoms with Crippen LogP contribution >= 0.6 is 0 Å². The summed E-state index contributed by atoms with van der Waals surface area (Å²) < 4.78 is 0. The van der Waals surface area contributed by atoms with E-state index >= 15 is 0 Å². The molecule has 0 aliphatic heterocycles. The molecule has 0 saturated heterocycles. The zero-order valence-corrected chi connectivity index (χ0v) is 11.3. The summed E-state index contributed by atoms with van der Waals surface area (Å²) >= 11 is 0. The SMILES string of the molecule is Cc1cccc(/C=C/NC(=O)NCc2ccccn2)c1. The molecule has 4 nitrogen and oxygen atoms in total. The quantitative estimate of drug-likeness (QED) is 0.895. The van der Waals surface area contributed by atoms with Crippen molar-refractivity contribution in [1.82, 2.24) is 15.6 Å². The average molecular weight is 267 g/mol. The van der Waals surface area contributed by atoms with Crippen LogP contribution in [0.15, 0.2) is 54.9 Å². The number of nitrogens with one attached hydrogen (secondary N) is 2. The lowest BCUT2D eigenvalue weighted by Crippen LogP contribution is -2.31. The van der Waals surface area contributed by atoms with E-state index in [0.717, 1.165) is 11.3 Å². The van der Waals surface area contributed by atoms with Crippen LogP contribution in [0.3, 0.4) is 0 Å². The summed E-state index contributed by atoms with van der Waals surface area (Å²) in [7, 11) is 0. The molecule has 102 valence electrons. The Hall–Kier alpha value is -2.62. The molecule has 0 aliphatic carbocycles. The van der Waals surface area contributed by atoms with Crippen LogP contribution in [-0.4, -0.2) is 11.0 Å². The maximum atomic E-state index is 11.6. The number of urea groups is 1. The number of hydrogen-bond acceptors (Lipinski definition) is 2. The summed E-state index contributed by atoms with van der Waals surface area (Å²) in [4.78, 5) is 15.7. The van der Waals surface area contributed by atoms with Gasteiger partial charge in [-0.3, -0.25) is 4.98 Å². The second-order valence-corrected chi connectivity index (χ2v) is 4.40. The molecule has 0 radical (unpaired) electrons. The Bertz CT molecular complexity index is 594. The highest BCUT2D eigenvalue weighted by molar-refractivity contribution is 5.75. The van der Waals surface area contributed by atoms with Crippen LogP contribution in [0, 0.1) is 6.92 Å². The van der Waals surface area contributed by atoms with E-state index in [1.807, 2.05) is 55.5 Å². The van der Waals surface area contributed by atoms with Gasteiger partial charge < -0.3 is 10.6 Å². The summed E-state index contributed by atoms with van der Waals surface area (Å²) in [6.45, 7) is 2.44. The first-order chi connectivity index (χ1) is 9.74. The Balaban J connectivity index is 1.78. The number of pyridine rings is 1. The first-order valence-corrected chi connectivity index (χ1v) is 6.41. The molecule has 2 rings (SSSR count). The largest absolute Gasteiger partial charge is 0.332 e. The van der Waals surface area contributed by atoms with E-state index < -0.39 is 0 Å². The zero-order chi connectivity index (χ0) is 14.2. The predicted molar refractivity (Wildman–Crippen MR) is 79.8 cm³/mol. The van der Waals surface area contributed by atoms with Crippen molar-refractivity contribution in [3.8, 4) is 0 Å². The van der Waals surface area contributed by atoms with Gasteiger partial charge in [0, 0.05) is 12.4 Å². The molecule has 1 heterocycles. The predicted octanol–water partition coefficient (Wildman–Crippen LogP) is 2.86. The van der Waals surface area contributed by atoms with Crippen LogP contribution in [0.1, 0.15) is 16.8 Å². The maximum Gasteiger partial charge on any atom is 0.319 e. The van der Waals surface area contributed by atoms with Crippen LogP contribution in [0.2, 0.25) is 0 Å². The molecule has 0 fully saturated rings. The van der Waals surface area contributed by atoms with E-state index in [0.29, 0.717) is 6.54 Å². The van der Waals surface area contributed by atoms with E-state index in [-0.39, 0.29) is 6.03 Å². The molecule has 1 aromatic heterocycles. The third-order valence-corrected chi connectivity index (χ3v) is 2.69. The van der Waals surface area contributed by atoms with E-state index in [2.05, 4.69) is 15.6 Å². The average Bonchev–Trinajstić information content (AvgIpc) is 2.46. The Morgan fingerprint density at radius 1 is 1.25 bits per heavy atom. The normalized spacial score (nSPS) is 10.4. The van der Waals surface area contributed by atoms with Crippen molar-refractivity contribution in [1.29, 1.82) is 0 Å². The molecule has 20 heavy (non-hydrogen) atoms. The second-order valence-electron chi connectivity index (χ2n) is 4.40. The van der Waals surface area contributed by atoms with Crippen molar-refractivity contribution in [2.45, 2.75) is 13.5 Å². The number of benzene rings is 1. The fourth-order valence-electron chi connectivity index (χ4n) is 1.71. The van der Waals surface area contributed by atoms with Crippen molar-refractivity contribution in [2.75, 3.05) is 0 Å². The summed E-state index contributed by atoms with van der Waals surface area (Å²) in [5, 5.41) is 5.40. The van der Waals surface area contributed by atoms with Crippen LogP contribution in [0.4, 0.5) is 4.79 Å². The number of aryl methyl sites for hydroxylation is 1. The molecule has 0 saturated carbocycles. The summed E-state index contributed by atoms with van der Waals surface area (Å²) in [6, 6.07) is 13.4. The lowest BCUT2D eigenvalue weighted by atomic mass is 10.1. The molecule has 0 bridgehead atoms. The van der Waals surface area contributed by atoms with Gasteiger partial charge in [-0.15, -0.1) is 0 Å². The number of nitrogens with zero attached hydrogens (tertiary/aromatic N) is 1. The molecule has 2 aromatic rings. The van der Waals surface area contributed by atoms with Crippen molar-refractivity contribution in [3.63, 3.8) is 0 Å². The maximum absolute atomic E-state index is 11.6. The molecule has 2 N–H and O–H groups in total. The third kappa shape index (κ3) is 4.57. The lowest BCUT2D eigenvalue weighted by Gasteiger charge is -2.03. The zero-order valence-electron chi connectivity index (χ0n) is 11.3. The van der Waals surface area contributed by atoms with E-state index in [9.17, 15) is 4.79 Å². The Morgan fingerprint density at radius 3 is 2.90 bits per heavy atom. The van der Waals surface area contributed by atoms with Gasteiger partial charge in [-0.25, -0.2) is 4.79 Å². The van der Waals surface area contributed by atoms with Crippen LogP contribution in [0.5, 0.6) is 0 Å². The number of amides is 2. The van der Waals surface area contributed by atoms with E-state index in [4.69, 9.17) is 0 Å². The van der Waals surface area contributed by atoms with Crippen molar-refractivity contribution < 1.29 is 4.79 Å². The van der Waals surface area contributed by atoms with Crippen LogP contribution in [0.25, 0.3) is 6.08 Å². The van der Waals surface area contributed by atoms with Gasteiger partial charge in [0.15, 0.2) is 0 Å². The Morgan fingerprint density at radius 2 is 2.15 bits per heavy atom. The topological polar surface area (TPSA) is 54.0 Å². The van der Waals surface area contributed by atoms with Gasteiger partial charge in [-0.2, -0.15) is 0 Å². The fourth-order valence-corrected chi connectivity index (χ4v) is 1.71. The van der Waals surface area contributed by atoms with Crippen molar-refractivity contribution >= 4 is 12.1 Å². The highest BCUT2D eigenvalue weighted by Crippen LogP contribution is 2.04. The molecule has 0 unspecified atom stereocenters. The molecule has 0 spiro atoms. The molecule has 0 atom stereocenters. The van der Waals surface area contributed by atoms with Crippen molar-refractivity contribution in [3.05, 3.63) is 71.7 Å². The molecule has 4 heteroatoms. The number of rotatable bonds is 4. The van der Waals surface area contributed by atoms with Crippen LogP contribution in [-0.2, 0) is 6.54 Å². The first kappa shape index (κ1) is 13.8. The fraction of sp³-hybridized carbons (Fsp3) is 0.125. The monoisotopic (exact) mass is 267 g/mol. The highest BCUT2D eigenvalue weighted by atomic mass is 16.2. The van der Waals surface area contributed by atoms with Gasteiger partial charge in [-0.1, -0.05) is 35.9 Å². The van der Waals surface area contributed by atoms with Gasteiger partial charge in [0.25, 0.3) is 0 Å². The van der Waals surface area contributed by atoms with Gasteiger partial charge in [0.2, 0.25) is 0 Å². The summed E-state index contributed by atoms with van der Waals surface area (Å²) in [5.74, 6) is 0. The lowest BCUT2D eigenvalue weighted by molar-refractivity contribution is 0.243. The molecule has 2 amide bonds. The summed E-state index contributed by atoms with van der Waals surface area (Å²) in [6.07, 6.45) is 5.18. The second kappa shape index (κ2) is 7.09. The van der Waals surface area contributed by atoms with Crippen LogP contribution < -0.4 is 10.6 Å². The smallest absolute Gasteiger partial charge is 0.319 e. The molecule has 0 aliphatic rings. The minimum Gasteiger partial charge on any atom is -0.332 e. The minimum atomic E-state index is -0.250. The first-order valence-electron chi connectivity index (χ1n) is 6.41. The van der Waals surface area contributed by atoms with Gasteiger partial charge in [0.05, 0.1) is 12.2 Å². The Labute approximate surface area is 118 Å². The standard InChI is InChI=1S/C16H17N3O/c1-13-5-4-6-14(11-13)8-10-18-16(20)19-12-15-7-2-3-9-17-15/h2-11H,12H2,1H3,(H2,18,19,20)/b10-8+. The van der Waals surface area contributed by atoms with Gasteiger partial charge >= 0.3 is 6.03 Å². The number of carbonyl (C=O) groups excluding carboxylic acids is 1. The third-order valence-electron chi connectivity index (χ3n) is 2.69. The van der Waals surface area contributed by atoms with E-state index in [1.165, 1.54) is 5.56 Å². The number of carbonyl (C=O) groups is 1. The molecular weight excluding hydrogens is 250 g/mol. The molecular formula is C16H17N3O. The Kier molecular flexibility index (Phi) is 4.89. The van der Waals surface area contributed by atoms with E-state index in [1.54, 1.807) is 12.4 Å².